The maximum atomic E-state index is 12.7. The first-order valence-corrected chi connectivity index (χ1v) is 10.0. The van der Waals surface area contributed by atoms with E-state index in [1.807, 2.05) is 11.0 Å². The number of piperidine rings is 1. The van der Waals surface area contributed by atoms with E-state index in [9.17, 15) is 14.4 Å². The minimum absolute atomic E-state index is 0.00152. The Morgan fingerprint density at radius 2 is 1.48 bits per heavy atom. The van der Waals surface area contributed by atoms with E-state index in [-0.39, 0.29) is 30.2 Å². The molecule has 1 aromatic rings. The molecule has 27 heavy (non-hydrogen) atoms. The quantitative estimate of drug-likeness (QED) is 0.881. The van der Waals surface area contributed by atoms with Gasteiger partial charge in [-0.25, -0.2) is 0 Å². The zero-order chi connectivity index (χ0) is 19.1. The van der Waals surface area contributed by atoms with Crippen LogP contribution in [0.2, 0.25) is 0 Å². The smallest absolute Gasteiger partial charge is 0.251 e. The molecule has 3 amide bonds. The van der Waals surface area contributed by atoms with E-state index in [4.69, 9.17) is 0 Å². The predicted molar refractivity (Wildman–Crippen MR) is 103 cm³/mol. The minimum atomic E-state index is -0.241. The fourth-order valence-corrected chi connectivity index (χ4v) is 3.88. The van der Waals surface area contributed by atoms with Gasteiger partial charge in [0, 0.05) is 37.7 Å². The van der Waals surface area contributed by atoms with Crippen molar-refractivity contribution in [2.75, 3.05) is 32.7 Å². The summed E-state index contributed by atoms with van der Waals surface area (Å²) in [6.45, 7) is 2.93. The molecule has 2 heterocycles. The topological polar surface area (TPSA) is 69.7 Å². The lowest BCUT2D eigenvalue weighted by molar-refractivity contribution is -0.140. The van der Waals surface area contributed by atoms with Crippen molar-refractivity contribution in [2.45, 2.75) is 38.5 Å². The highest BCUT2D eigenvalue weighted by Gasteiger charge is 2.30. The van der Waals surface area contributed by atoms with Gasteiger partial charge in [-0.15, -0.1) is 0 Å². The maximum Gasteiger partial charge on any atom is 0.251 e. The van der Waals surface area contributed by atoms with Crippen molar-refractivity contribution in [1.82, 2.24) is 15.1 Å². The Labute approximate surface area is 160 Å². The van der Waals surface area contributed by atoms with E-state index in [1.165, 1.54) is 12.8 Å². The summed E-state index contributed by atoms with van der Waals surface area (Å²) < 4.78 is 0. The second-order valence-corrected chi connectivity index (χ2v) is 7.44. The molecule has 6 heteroatoms. The number of carbonyl (C=O) groups excluding carboxylic acids is 3. The molecular formula is C21H29N3O3. The van der Waals surface area contributed by atoms with Crippen LogP contribution in [0.25, 0.3) is 0 Å². The number of nitrogens with zero attached hydrogens (tertiary/aromatic N) is 2. The molecule has 3 rings (SSSR count). The average molecular weight is 371 g/mol. The minimum Gasteiger partial charge on any atom is -0.343 e. The van der Waals surface area contributed by atoms with Crippen molar-refractivity contribution >= 4 is 17.7 Å². The number of nitrogens with one attached hydrogen (secondary N) is 1. The van der Waals surface area contributed by atoms with Gasteiger partial charge in [-0.3, -0.25) is 14.4 Å². The van der Waals surface area contributed by atoms with Gasteiger partial charge in [0.1, 0.15) is 0 Å². The molecule has 0 bridgehead atoms. The molecule has 1 N–H and O–H groups in total. The number of amides is 3. The Morgan fingerprint density at radius 3 is 2.11 bits per heavy atom. The summed E-state index contributed by atoms with van der Waals surface area (Å²) in [6, 6.07) is 8.88. The largest absolute Gasteiger partial charge is 0.343 e. The van der Waals surface area contributed by atoms with Gasteiger partial charge >= 0.3 is 0 Å². The van der Waals surface area contributed by atoms with Crippen LogP contribution in [0, 0.1) is 5.92 Å². The Bertz CT molecular complexity index is 646. The Hall–Kier alpha value is -2.37. The van der Waals surface area contributed by atoms with Crippen LogP contribution >= 0.6 is 0 Å². The maximum absolute atomic E-state index is 12.7. The fraction of sp³-hybridized carbons (Fsp3) is 0.571. The molecule has 0 atom stereocenters. The Morgan fingerprint density at radius 1 is 0.852 bits per heavy atom. The van der Waals surface area contributed by atoms with E-state index in [0.717, 1.165) is 25.9 Å². The lowest BCUT2D eigenvalue weighted by atomic mass is 9.95. The van der Waals surface area contributed by atoms with Crippen LogP contribution in [0.15, 0.2) is 30.3 Å². The van der Waals surface area contributed by atoms with Crippen LogP contribution < -0.4 is 5.32 Å². The summed E-state index contributed by atoms with van der Waals surface area (Å²) in [5.74, 6) is -0.0254. The lowest BCUT2D eigenvalue weighted by Crippen LogP contribution is -2.47. The monoisotopic (exact) mass is 371 g/mol. The fourth-order valence-electron chi connectivity index (χ4n) is 3.88. The summed E-state index contributed by atoms with van der Waals surface area (Å²) in [4.78, 5) is 40.9. The first-order chi connectivity index (χ1) is 13.1. The zero-order valence-electron chi connectivity index (χ0n) is 15.9. The van der Waals surface area contributed by atoms with E-state index >= 15 is 0 Å². The van der Waals surface area contributed by atoms with Crippen molar-refractivity contribution in [2.24, 2.45) is 5.92 Å². The van der Waals surface area contributed by atoms with E-state index in [2.05, 4.69) is 5.32 Å². The molecule has 0 saturated carbocycles. The van der Waals surface area contributed by atoms with E-state index < -0.39 is 0 Å². The number of likely N-dealkylation sites (tertiary alicyclic amines) is 2. The number of hydrogen-bond donors (Lipinski definition) is 1. The molecule has 0 aliphatic carbocycles. The third-order valence-electron chi connectivity index (χ3n) is 5.55. The number of carbonyl (C=O) groups is 3. The van der Waals surface area contributed by atoms with Gasteiger partial charge in [-0.2, -0.15) is 0 Å². The summed E-state index contributed by atoms with van der Waals surface area (Å²) in [5.41, 5.74) is 0.548. The third kappa shape index (κ3) is 5.31. The van der Waals surface area contributed by atoms with Gasteiger partial charge in [-0.05, 0) is 37.8 Å². The predicted octanol–water partition coefficient (Wildman–Crippen LogP) is 2.06. The van der Waals surface area contributed by atoms with Crippen LogP contribution in [0.3, 0.4) is 0 Å². The second kappa shape index (κ2) is 9.53. The van der Waals surface area contributed by atoms with Gasteiger partial charge in [0.2, 0.25) is 11.8 Å². The highest BCUT2D eigenvalue weighted by molar-refractivity contribution is 5.96. The molecule has 2 aliphatic rings. The van der Waals surface area contributed by atoms with Crippen LogP contribution in [0.1, 0.15) is 48.9 Å². The summed E-state index contributed by atoms with van der Waals surface area (Å²) in [7, 11) is 0. The molecule has 146 valence electrons. The summed E-state index contributed by atoms with van der Waals surface area (Å²) >= 11 is 0. The van der Waals surface area contributed by atoms with Gasteiger partial charge in [0.05, 0.1) is 6.54 Å². The van der Waals surface area contributed by atoms with E-state index in [0.29, 0.717) is 31.5 Å². The number of benzene rings is 1. The third-order valence-corrected chi connectivity index (χ3v) is 5.55. The van der Waals surface area contributed by atoms with Crippen molar-refractivity contribution in [3.05, 3.63) is 35.9 Å². The van der Waals surface area contributed by atoms with Gasteiger partial charge in [-0.1, -0.05) is 31.0 Å². The molecule has 0 radical (unpaired) electrons. The standard InChI is InChI=1S/C21H29N3O3/c25-19(16-22-20(26)17-8-4-3-5-9-17)23-14-10-18(11-15-23)21(27)24-12-6-1-2-7-13-24/h3-5,8-9,18H,1-2,6-7,10-16H2,(H,22,26). The van der Waals surface area contributed by atoms with Crippen LogP contribution in [-0.4, -0.2) is 60.2 Å². The first-order valence-electron chi connectivity index (χ1n) is 10.0. The highest BCUT2D eigenvalue weighted by atomic mass is 16.2. The Kier molecular flexibility index (Phi) is 6.85. The van der Waals surface area contributed by atoms with Crippen LogP contribution in [0.5, 0.6) is 0 Å². The SMILES string of the molecule is O=C(NCC(=O)N1CCC(C(=O)N2CCCCCC2)CC1)c1ccccc1. The number of rotatable bonds is 4. The number of hydrogen-bond acceptors (Lipinski definition) is 3. The van der Waals surface area contributed by atoms with Crippen molar-refractivity contribution in [1.29, 1.82) is 0 Å². The van der Waals surface area contributed by atoms with E-state index in [1.54, 1.807) is 29.2 Å². The van der Waals surface area contributed by atoms with Crippen molar-refractivity contribution < 1.29 is 14.4 Å². The molecule has 2 aliphatic heterocycles. The zero-order valence-corrected chi connectivity index (χ0v) is 15.9. The molecular weight excluding hydrogens is 342 g/mol. The van der Waals surface area contributed by atoms with Crippen LogP contribution in [-0.2, 0) is 9.59 Å². The van der Waals surface area contributed by atoms with Gasteiger partial charge < -0.3 is 15.1 Å². The molecule has 1 aromatic carbocycles. The normalized spacial score (nSPS) is 18.7. The molecule has 0 aromatic heterocycles. The molecule has 0 spiro atoms. The van der Waals surface area contributed by atoms with Gasteiger partial charge in [0.15, 0.2) is 0 Å². The first kappa shape index (κ1) is 19.4. The molecule has 2 saturated heterocycles. The van der Waals surface area contributed by atoms with Crippen LogP contribution in [0.4, 0.5) is 0 Å². The van der Waals surface area contributed by atoms with Crippen molar-refractivity contribution in [3.63, 3.8) is 0 Å². The molecule has 0 unspecified atom stereocenters. The summed E-state index contributed by atoms with van der Waals surface area (Å²) in [5, 5.41) is 2.68. The second-order valence-electron chi connectivity index (χ2n) is 7.44. The Balaban J connectivity index is 1.42. The lowest BCUT2D eigenvalue weighted by Gasteiger charge is -2.34. The highest BCUT2D eigenvalue weighted by Crippen LogP contribution is 2.21. The van der Waals surface area contributed by atoms with Gasteiger partial charge in [0.25, 0.3) is 5.91 Å². The van der Waals surface area contributed by atoms with Crippen molar-refractivity contribution in [3.8, 4) is 0 Å². The molecule has 2 fully saturated rings. The summed E-state index contributed by atoms with van der Waals surface area (Å²) in [6.07, 6.45) is 6.06. The molecule has 6 nitrogen and oxygen atoms in total. The average Bonchev–Trinajstić information content (AvgIpc) is 3.01.